The standard InChI is InChI=1S/C17H25N3O/c1-12-10-19-8-4-3-5-15(19)11-20(12)14-6-7-17(18)16(9-14)13(2)21/h6-7,9,12,15H,3-5,8,10-11,18H2,1-2H3. The lowest BCUT2D eigenvalue weighted by atomic mass is 9.96. The number of Topliss-reactive ketones (excluding diaryl/α,β-unsaturated/α-hetero) is 1. The second kappa shape index (κ2) is 5.68. The minimum Gasteiger partial charge on any atom is -0.398 e. The van der Waals surface area contributed by atoms with Crippen LogP contribution in [0.15, 0.2) is 18.2 Å². The van der Waals surface area contributed by atoms with E-state index in [1.807, 2.05) is 12.1 Å². The summed E-state index contributed by atoms with van der Waals surface area (Å²) in [6, 6.07) is 7.02. The Morgan fingerprint density at radius 3 is 2.86 bits per heavy atom. The maximum atomic E-state index is 11.7. The highest BCUT2D eigenvalue weighted by atomic mass is 16.1. The van der Waals surface area contributed by atoms with E-state index in [0.29, 0.717) is 23.3 Å². The molecule has 0 aliphatic carbocycles. The van der Waals surface area contributed by atoms with E-state index < -0.39 is 0 Å². The molecule has 2 heterocycles. The molecule has 0 aromatic heterocycles. The van der Waals surface area contributed by atoms with Gasteiger partial charge in [-0.2, -0.15) is 0 Å². The van der Waals surface area contributed by atoms with Crippen molar-refractivity contribution in [2.75, 3.05) is 30.3 Å². The van der Waals surface area contributed by atoms with E-state index in [0.717, 1.165) is 18.8 Å². The van der Waals surface area contributed by atoms with Gasteiger partial charge in [-0.3, -0.25) is 9.69 Å². The van der Waals surface area contributed by atoms with Gasteiger partial charge < -0.3 is 10.6 Å². The van der Waals surface area contributed by atoms with Crippen LogP contribution in [-0.2, 0) is 0 Å². The van der Waals surface area contributed by atoms with Gasteiger partial charge in [0.1, 0.15) is 0 Å². The van der Waals surface area contributed by atoms with Gasteiger partial charge in [0.15, 0.2) is 5.78 Å². The van der Waals surface area contributed by atoms with E-state index in [1.54, 1.807) is 6.92 Å². The summed E-state index contributed by atoms with van der Waals surface area (Å²) >= 11 is 0. The molecule has 2 fully saturated rings. The number of carbonyl (C=O) groups excluding carboxylic acids is 1. The Kier molecular flexibility index (Phi) is 3.89. The van der Waals surface area contributed by atoms with Gasteiger partial charge in [0.2, 0.25) is 0 Å². The van der Waals surface area contributed by atoms with E-state index >= 15 is 0 Å². The Morgan fingerprint density at radius 2 is 2.10 bits per heavy atom. The van der Waals surface area contributed by atoms with E-state index in [4.69, 9.17) is 5.73 Å². The van der Waals surface area contributed by atoms with Gasteiger partial charge in [-0.15, -0.1) is 0 Å². The lowest BCUT2D eigenvalue weighted by molar-refractivity contribution is 0.101. The van der Waals surface area contributed by atoms with Gasteiger partial charge >= 0.3 is 0 Å². The molecule has 2 aliphatic heterocycles. The number of nitrogens with two attached hydrogens (primary N) is 1. The molecule has 114 valence electrons. The minimum absolute atomic E-state index is 0.0401. The first-order valence-electron chi connectivity index (χ1n) is 7.97. The molecule has 1 aromatic rings. The van der Waals surface area contributed by atoms with Crippen molar-refractivity contribution >= 4 is 17.2 Å². The van der Waals surface area contributed by atoms with E-state index in [9.17, 15) is 4.79 Å². The lowest BCUT2D eigenvalue weighted by Gasteiger charge is -2.48. The molecule has 2 unspecified atom stereocenters. The van der Waals surface area contributed by atoms with Crippen molar-refractivity contribution in [3.8, 4) is 0 Å². The second-order valence-corrected chi connectivity index (χ2v) is 6.47. The largest absolute Gasteiger partial charge is 0.398 e. The number of piperidine rings is 1. The highest BCUT2D eigenvalue weighted by Gasteiger charge is 2.33. The fraction of sp³-hybridized carbons (Fsp3) is 0.588. The highest BCUT2D eigenvalue weighted by molar-refractivity contribution is 6.00. The van der Waals surface area contributed by atoms with Crippen molar-refractivity contribution in [2.24, 2.45) is 0 Å². The van der Waals surface area contributed by atoms with Crippen molar-refractivity contribution in [2.45, 2.75) is 45.2 Å². The summed E-state index contributed by atoms with van der Waals surface area (Å²) in [7, 11) is 0. The Morgan fingerprint density at radius 1 is 1.29 bits per heavy atom. The van der Waals surface area contributed by atoms with Crippen LogP contribution in [0.4, 0.5) is 11.4 Å². The van der Waals surface area contributed by atoms with Gasteiger partial charge in [0.05, 0.1) is 0 Å². The van der Waals surface area contributed by atoms with Crippen molar-refractivity contribution in [1.29, 1.82) is 0 Å². The number of nitrogens with zero attached hydrogens (tertiary/aromatic N) is 2. The van der Waals surface area contributed by atoms with Gasteiger partial charge in [-0.25, -0.2) is 0 Å². The average molecular weight is 287 g/mol. The highest BCUT2D eigenvalue weighted by Crippen LogP contribution is 2.30. The normalized spacial score (nSPS) is 26.5. The number of anilines is 2. The zero-order chi connectivity index (χ0) is 15.0. The third kappa shape index (κ3) is 2.77. The molecule has 21 heavy (non-hydrogen) atoms. The van der Waals surface area contributed by atoms with Crippen LogP contribution in [0, 0.1) is 0 Å². The van der Waals surface area contributed by atoms with Crippen LogP contribution in [0.1, 0.15) is 43.5 Å². The molecule has 0 amide bonds. The predicted molar refractivity (Wildman–Crippen MR) is 86.9 cm³/mol. The molecule has 1 aromatic carbocycles. The molecule has 0 bridgehead atoms. The first-order chi connectivity index (χ1) is 10.1. The average Bonchev–Trinajstić information content (AvgIpc) is 2.47. The van der Waals surface area contributed by atoms with Gasteiger partial charge in [-0.1, -0.05) is 6.42 Å². The molecule has 4 heteroatoms. The molecular formula is C17H25N3O. The molecule has 0 saturated carbocycles. The molecule has 2 N–H and O–H groups in total. The Hall–Kier alpha value is -1.55. The number of benzene rings is 1. The Labute approximate surface area is 126 Å². The van der Waals surface area contributed by atoms with E-state index in [-0.39, 0.29) is 5.78 Å². The van der Waals surface area contributed by atoms with Gasteiger partial charge in [0, 0.05) is 42.1 Å². The lowest BCUT2D eigenvalue weighted by Crippen LogP contribution is -2.58. The summed E-state index contributed by atoms with van der Waals surface area (Å²) in [6.07, 6.45) is 3.96. The van der Waals surface area contributed by atoms with Crippen molar-refractivity contribution < 1.29 is 4.79 Å². The molecule has 2 atom stereocenters. The van der Waals surface area contributed by atoms with Gasteiger partial charge in [-0.05, 0) is 51.4 Å². The predicted octanol–water partition coefficient (Wildman–Crippen LogP) is 2.53. The number of piperazine rings is 1. The van der Waals surface area contributed by atoms with Crippen LogP contribution in [0.2, 0.25) is 0 Å². The summed E-state index contributed by atoms with van der Waals surface area (Å²) < 4.78 is 0. The topological polar surface area (TPSA) is 49.6 Å². The zero-order valence-corrected chi connectivity index (χ0v) is 13.0. The number of ketones is 1. The number of carbonyl (C=O) groups is 1. The summed E-state index contributed by atoms with van der Waals surface area (Å²) in [4.78, 5) is 16.8. The molecular weight excluding hydrogens is 262 g/mol. The fourth-order valence-electron chi connectivity index (χ4n) is 3.74. The van der Waals surface area contributed by atoms with Gasteiger partial charge in [0.25, 0.3) is 0 Å². The molecule has 0 spiro atoms. The quantitative estimate of drug-likeness (QED) is 0.671. The van der Waals surface area contributed by atoms with Crippen molar-refractivity contribution in [3.63, 3.8) is 0 Å². The smallest absolute Gasteiger partial charge is 0.161 e. The van der Waals surface area contributed by atoms with Crippen LogP contribution >= 0.6 is 0 Å². The van der Waals surface area contributed by atoms with Crippen LogP contribution in [-0.4, -0.2) is 42.4 Å². The number of rotatable bonds is 2. The zero-order valence-electron chi connectivity index (χ0n) is 13.0. The maximum Gasteiger partial charge on any atom is 0.161 e. The number of fused-ring (bicyclic) bond motifs is 1. The number of hydrogen-bond acceptors (Lipinski definition) is 4. The molecule has 0 radical (unpaired) electrons. The molecule has 2 aliphatic rings. The number of hydrogen-bond donors (Lipinski definition) is 1. The third-order valence-electron chi connectivity index (χ3n) is 4.94. The summed E-state index contributed by atoms with van der Waals surface area (Å²) in [5.41, 5.74) is 8.27. The second-order valence-electron chi connectivity index (χ2n) is 6.47. The fourth-order valence-corrected chi connectivity index (χ4v) is 3.74. The Balaban J connectivity index is 1.85. The molecule has 4 nitrogen and oxygen atoms in total. The van der Waals surface area contributed by atoms with E-state index in [2.05, 4.69) is 22.8 Å². The maximum absolute atomic E-state index is 11.7. The molecule has 2 saturated heterocycles. The number of nitrogen functional groups attached to an aromatic ring is 1. The first kappa shape index (κ1) is 14.4. The van der Waals surface area contributed by atoms with E-state index in [1.165, 1.54) is 25.8 Å². The van der Waals surface area contributed by atoms with Crippen LogP contribution in [0.3, 0.4) is 0 Å². The monoisotopic (exact) mass is 287 g/mol. The van der Waals surface area contributed by atoms with Crippen molar-refractivity contribution in [3.05, 3.63) is 23.8 Å². The first-order valence-corrected chi connectivity index (χ1v) is 7.97. The minimum atomic E-state index is 0.0401. The summed E-state index contributed by atoms with van der Waals surface area (Å²) in [6.45, 7) is 7.27. The Bertz CT molecular complexity index is 543. The molecule has 3 rings (SSSR count). The van der Waals surface area contributed by atoms with Crippen LogP contribution < -0.4 is 10.6 Å². The summed E-state index contributed by atoms with van der Waals surface area (Å²) in [5.74, 6) is 0.0401. The third-order valence-corrected chi connectivity index (χ3v) is 4.94. The van der Waals surface area contributed by atoms with Crippen molar-refractivity contribution in [1.82, 2.24) is 4.90 Å². The SMILES string of the molecule is CC(=O)c1cc(N2CC3CCCCN3CC2C)ccc1N. The van der Waals surface area contributed by atoms with Crippen LogP contribution in [0.25, 0.3) is 0 Å². The van der Waals surface area contributed by atoms with Crippen LogP contribution in [0.5, 0.6) is 0 Å². The summed E-state index contributed by atoms with van der Waals surface area (Å²) in [5, 5.41) is 0.